The van der Waals surface area contributed by atoms with Crippen molar-refractivity contribution < 1.29 is 28.6 Å². The van der Waals surface area contributed by atoms with Crippen LogP contribution in [0.5, 0.6) is 0 Å². The van der Waals surface area contributed by atoms with Gasteiger partial charge in [0.05, 0.1) is 24.9 Å². The van der Waals surface area contributed by atoms with Crippen LogP contribution < -0.4 is 0 Å². The van der Waals surface area contributed by atoms with Crippen molar-refractivity contribution >= 4 is 18.2 Å². The second-order valence-corrected chi connectivity index (χ2v) is 6.44. The topological polar surface area (TPSA) is 85.4 Å². The Morgan fingerprint density at radius 1 is 0.926 bits per heavy atom. The first-order valence-electron chi connectivity index (χ1n) is 8.60. The number of carbonyl (C=O) groups is 3. The number of methoxy groups -OCH3 is 1. The number of nitrogens with zero attached hydrogens (tertiary/aromatic N) is 2. The molecular formula is C19H24N2O6. The Morgan fingerprint density at radius 3 is 2.00 bits per heavy atom. The van der Waals surface area contributed by atoms with E-state index < -0.39 is 36.4 Å². The fourth-order valence-electron chi connectivity index (χ4n) is 2.60. The number of benzene rings is 1. The van der Waals surface area contributed by atoms with Crippen molar-refractivity contribution in [3.8, 4) is 0 Å². The molecule has 1 heterocycles. The molecule has 1 aliphatic rings. The molecule has 146 valence electrons. The number of ether oxygens (including phenoxy) is 3. The normalized spacial score (nSPS) is 16.4. The predicted molar refractivity (Wildman–Crippen MR) is 96.2 cm³/mol. The number of hydrogen-bond acceptors (Lipinski definition) is 6. The van der Waals surface area contributed by atoms with Crippen LogP contribution in [0.15, 0.2) is 42.1 Å². The number of rotatable bonds is 4. The maximum absolute atomic E-state index is 12.8. The van der Waals surface area contributed by atoms with Gasteiger partial charge in [-0.3, -0.25) is 0 Å². The first kappa shape index (κ1) is 20.3. The van der Waals surface area contributed by atoms with E-state index in [9.17, 15) is 14.4 Å². The minimum Gasteiger partial charge on any atom is -0.466 e. The third-order valence-electron chi connectivity index (χ3n) is 3.62. The van der Waals surface area contributed by atoms with Gasteiger partial charge in [-0.15, -0.1) is 0 Å². The van der Waals surface area contributed by atoms with Gasteiger partial charge >= 0.3 is 18.2 Å². The Labute approximate surface area is 158 Å². The summed E-state index contributed by atoms with van der Waals surface area (Å²) in [6.45, 7) is 6.75. The van der Waals surface area contributed by atoms with Crippen molar-refractivity contribution in [3.63, 3.8) is 0 Å². The number of amides is 2. The predicted octanol–water partition coefficient (Wildman–Crippen LogP) is 3.41. The van der Waals surface area contributed by atoms with E-state index in [0.717, 1.165) is 10.0 Å². The molecule has 0 saturated carbocycles. The third kappa shape index (κ3) is 4.58. The van der Waals surface area contributed by atoms with Crippen LogP contribution in [0.3, 0.4) is 0 Å². The molecule has 2 rings (SSSR count). The Bertz CT molecular complexity index is 729. The van der Waals surface area contributed by atoms with E-state index in [1.807, 2.05) is 6.07 Å². The van der Waals surface area contributed by atoms with Crippen LogP contribution in [0.2, 0.25) is 0 Å². The molecular weight excluding hydrogens is 352 g/mol. The van der Waals surface area contributed by atoms with Crippen molar-refractivity contribution in [2.75, 3.05) is 7.11 Å². The van der Waals surface area contributed by atoms with Gasteiger partial charge in [0.25, 0.3) is 0 Å². The highest BCUT2D eigenvalue weighted by Crippen LogP contribution is 2.37. The van der Waals surface area contributed by atoms with Crippen LogP contribution in [0.1, 0.15) is 39.3 Å². The monoisotopic (exact) mass is 376 g/mol. The van der Waals surface area contributed by atoms with E-state index in [4.69, 9.17) is 14.2 Å². The van der Waals surface area contributed by atoms with Crippen molar-refractivity contribution in [1.29, 1.82) is 0 Å². The van der Waals surface area contributed by atoms with Crippen LogP contribution in [0.25, 0.3) is 0 Å². The molecule has 1 aromatic carbocycles. The maximum Gasteiger partial charge on any atom is 0.433 e. The molecule has 0 fully saturated rings. The molecule has 0 bridgehead atoms. The fourth-order valence-corrected chi connectivity index (χ4v) is 2.60. The highest BCUT2D eigenvalue weighted by atomic mass is 16.6. The van der Waals surface area contributed by atoms with E-state index in [1.54, 1.807) is 52.0 Å². The fraction of sp³-hybridized carbons (Fsp3) is 0.421. The summed E-state index contributed by atoms with van der Waals surface area (Å²) < 4.78 is 15.3. The minimum absolute atomic E-state index is 0.116. The summed E-state index contributed by atoms with van der Waals surface area (Å²) in [5, 5.41) is 2.01. The van der Waals surface area contributed by atoms with E-state index in [2.05, 4.69) is 0 Å². The molecule has 2 amide bonds. The smallest absolute Gasteiger partial charge is 0.433 e. The van der Waals surface area contributed by atoms with Crippen LogP contribution in [-0.4, -0.2) is 47.5 Å². The third-order valence-corrected chi connectivity index (χ3v) is 3.62. The second-order valence-electron chi connectivity index (χ2n) is 6.44. The van der Waals surface area contributed by atoms with Crippen molar-refractivity contribution in [2.24, 2.45) is 0 Å². The molecule has 8 nitrogen and oxygen atoms in total. The van der Waals surface area contributed by atoms with Crippen molar-refractivity contribution in [3.05, 3.63) is 47.7 Å². The molecule has 1 aromatic rings. The molecule has 1 aliphatic heterocycles. The molecule has 27 heavy (non-hydrogen) atoms. The average Bonchev–Trinajstić information content (AvgIpc) is 3.01. The van der Waals surface area contributed by atoms with E-state index in [1.165, 1.54) is 13.3 Å². The van der Waals surface area contributed by atoms with E-state index >= 15 is 0 Å². The number of carbonyl (C=O) groups excluding carboxylic acids is 3. The molecule has 0 aliphatic carbocycles. The highest BCUT2D eigenvalue weighted by Gasteiger charge is 2.45. The second kappa shape index (κ2) is 8.57. The Kier molecular flexibility index (Phi) is 6.44. The average molecular weight is 376 g/mol. The molecule has 1 atom stereocenters. The summed E-state index contributed by atoms with van der Waals surface area (Å²) in [6, 6.07) is 7.95. The Hall–Kier alpha value is -3.03. The van der Waals surface area contributed by atoms with Crippen LogP contribution in [0, 0.1) is 0 Å². The minimum atomic E-state index is -0.885. The summed E-state index contributed by atoms with van der Waals surface area (Å²) in [6.07, 6.45) is -1.17. The van der Waals surface area contributed by atoms with Crippen LogP contribution in [-0.2, 0) is 19.0 Å². The highest BCUT2D eigenvalue weighted by molar-refractivity contribution is 5.93. The largest absolute Gasteiger partial charge is 0.466 e. The summed E-state index contributed by atoms with van der Waals surface area (Å²) in [7, 11) is 1.23. The van der Waals surface area contributed by atoms with E-state index in [-0.39, 0.29) is 5.57 Å². The summed E-state index contributed by atoms with van der Waals surface area (Å²) in [4.78, 5) is 37.6. The number of hydrazine groups is 1. The van der Waals surface area contributed by atoms with Gasteiger partial charge in [-0.25, -0.2) is 14.4 Å². The van der Waals surface area contributed by atoms with Crippen molar-refractivity contribution in [1.82, 2.24) is 10.0 Å². The zero-order valence-corrected chi connectivity index (χ0v) is 16.0. The first-order valence-corrected chi connectivity index (χ1v) is 8.60. The van der Waals surface area contributed by atoms with Crippen LogP contribution >= 0.6 is 0 Å². The van der Waals surface area contributed by atoms with Gasteiger partial charge in [-0.05, 0) is 33.3 Å². The SMILES string of the molecule is COC(=O)C1=CN(C(=O)OC(C)C)N(C(=O)OC(C)C)C1c1ccccc1. The lowest BCUT2D eigenvalue weighted by atomic mass is 10.00. The molecule has 8 heteroatoms. The van der Waals surface area contributed by atoms with Gasteiger partial charge in [0, 0.05) is 6.20 Å². The van der Waals surface area contributed by atoms with Gasteiger partial charge in [0.2, 0.25) is 0 Å². The molecule has 1 unspecified atom stereocenters. The summed E-state index contributed by atoms with van der Waals surface area (Å²) in [5.41, 5.74) is 0.736. The maximum atomic E-state index is 12.8. The lowest BCUT2D eigenvalue weighted by Gasteiger charge is -2.32. The lowest BCUT2D eigenvalue weighted by molar-refractivity contribution is -0.136. The first-order chi connectivity index (χ1) is 12.8. The van der Waals surface area contributed by atoms with Crippen LogP contribution in [0.4, 0.5) is 9.59 Å². The van der Waals surface area contributed by atoms with Gasteiger partial charge in [-0.2, -0.15) is 10.0 Å². The summed E-state index contributed by atoms with van der Waals surface area (Å²) >= 11 is 0. The number of esters is 1. The zero-order chi connectivity index (χ0) is 20.1. The van der Waals surface area contributed by atoms with Gasteiger partial charge in [0.1, 0.15) is 6.04 Å². The quantitative estimate of drug-likeness (QED) is 0.591. The zero-order valence-electron chi connectivity index (χ0n) is 16.0. The molecule has 0 N–H and O–H groups in total. The van der Waals surface area contributed by atoms with Gasteiger partial charge in [-0.1, -0.05) is 30.3 Å². The molecule has 0 spiro atoms. The molecule has 0 radical (unpaired) electrons. The van der Waals surface area contributed by atoms with E-state index in [0.29, 0.717) is 5.56 Å². The Balaban J connectivity index is 2.53. The lowest BCUT2D eigenvalue weighted by Crippen LogP contribution is -2.47. The molecule has 0 aromatic heterocycles. The number of hydrogen-bond donors (Lipinski definition) is 0. The van der Waals surface area contributed by atoms with Gasteiger partial charge < -0.3 is 14.2 Å². The van der Waals surface area contributed by atoms with Gasteiger partial charge in [0.15, 0.2) is 0 Å². The van der Waals surface area contributed by atoms with Crippen molar-refractivity contribution in [2.45, 2.75) is 45.9 Å². The summed E-state index contributed by atoms with van der Waals surface area (Å²) in [5.74, 6) is -0.661. The standard InChI is InChI=1S/C19H24N2O6/c1-12(2)26-18(23)20-11-15(17(22)25-5)16(14-9-7-6-8-10-14)21(20)19(24)27-13(3)4/h6-13,16H,1-5H3. The Morgan fingerprint density at radius 2 is 1.48 bits per heavy atom. The molecule has 0 saturated heterocycles.